The number of aromatic nitrogens is 3. The summed E-state index contributed by atoms with van der Waals surface area (Å²) in [5, 5.41) is 19.2. The molecule has 0 saturated heterocycles. The van der Waals surface area contributed by atoms with Crippen LogP contribution in [-0.2, 0) is 17.6 Å². The Bertz CT molecular complexity index is 749. The van der Waals surface area contributed by atoms with Gasteiger partial charge in [-0.3, -0.25) is 4.79 Å². The van der Waals surface area contributed by atoms with Gasteiger partial charge < -0.3 is 9.90 Å². The maximum atomic E-state index is 12.5. The number of carbonyl (C=O) groups excluding carboxylic acids is 1. The normalized spacial score (nSPS) is 19.8. The largest absolute Gasteiger partial charge is 0.548 e. The molecule has 0 aromatic carbocycles. The fraction of sp³-hybridized carbons (Fsp3) is 0.538. The molecule has 1 aliphatic rings. The number of aliphatic carboxylic acids is 1. The molecular formula is C13H14N3O3S-. The average Bonchev–Trinajstić information content (AvgIpc) is 2.76. The van der Waals surface area contributed by atoms with Crippen LogP contribution in [-0.4, -0.2) is 21.0 Å². The second-order valence-corrected chi connectivity index (χ2v) is 6.45. The zero-order valence-corrected chi connectivity index (χ0v) is 12.1. The van der Waals surface area contributed by atoms with Gasteiger partial charge in [0.25, 0.3) is 5.56 Å². The molecule has 0 fully saturated rings. The van der Waals surface area contributed by atoms with Crippen molar-refractivity contribution < 1.29 is 9.90 Å². The molecule has 20 heavy (non-hydrogen) atoms. The molecule has 6 nitrogen and oxygen atoms in total. The molecule has 2 heterocycles. The van der Waals surface area contributed by atoms with Crippen molar-refractivity contribution in [3.05, 3.63) is 20.8 Å². The van der Waals surface area contributed by atoms with E-state index in [9.17, 15) is 14.7 Å². The summed E-state index contributed by atoms with van der Waals surface area (Å²) in [6.45, 7) is 3.56. The lowest BCUT2D eigenvalue weighted by atomic mass is 9.89. The maximum absolute atomic E-state index is 12.5. The quantitative estimate of drug-likeness (QED) is 0.793. The highest BCUT2D eigenvalue weighted by Gasteiger charge is 2.24. The Labute approximate surface area is 119 Å². The number of hydrogen-bond donors (Lipinski definition) is 0. The minimum atomic E-state index is -1.33. The predicted molar refractivity (Wildman–Crippen MR) is 72.6 cm³/mol. The number of carboxylic acids is 1. The van der Waals surface area contributed by atoms with E-state index >= 15 is 0 Å². The van der Waals surface area contributed by atoms with Gasteiger partial charge in [-0.15, -0.1) is 16.4 Å². The molecule has 3 rings (SSSR count). The summed E-state index contributed by atoms with van der Waals surface area (Å²) in [5.74, 6) is -0.730. The zero-order chi connectivity index (χ0) is 14.4. The van der Waals surface area contributed by atoms with Crippen molar-refractivity contribution in [2.45, 2.75) is 39.2 Å². The first-order valence-corrected chi connectivity index (χ1v) is 7.41. The Morgan fingerprint density at radius 1 is 1.55 bits per heavy atom. The topological polar surface area (TPSA) is 87.9 Å². The lowest BCUT2D eigenvalue weighted by Gasteiger charge is -2.18. The van der Waals surface area contributed by atoms with Crippen LogP contribution in [0.25, 0.3) is 10.2 Å². The van der Waals surface area contributed by atoms with E-state index in [1.165, 1.54) is 23.1 Å². The van der Waals surface area contributed by atoms with E-state index in [0.717, 1.165) is 29.5 Å². The van der Waals surface area contributed by atoms with Gasteiger partial charge in [0, 0.05) is 4.88 Å². The van der Waals surface area contributed by atoms with Crippen molar-refractivity contribution in [2.24, 2.45) is 5.92 Å². The van der Waals surface area contributed by atoms with Crippen LogP contribution >= 0.6 is 11.3 Å². The number of thiophene rings is 1. The summed E-state index contributed by atoms with van der Waals surface area (Å²) in [4.78, 5) is 25.2. The third kappa shape index (κ3) is 1.93. The molecule has 0 aliphatic heterocycles. The van der Waals surface area contributed by atoms with Gasteiger partial charge in [-0.2, -0.15) is 0 Å². The van der Waals surface area contributed by atoms with Crippen molar-refractivity contribution in [2.75, 3.05) is 0 Å². The molecule has 106 valence electrons. The van der Waals surface area contributed by atoms with E-state index in [4.69, 9.17) is 0 Å². The molecule has 0 bridgehead atoms. The minimum Gasteiger partial charge on any atom is -0.548 e. The van der Waals surface area contributed by atoms with Crippen molar-refractivity contribution in [3.8, 4) is 0 Å². The second kappa shape index (κ2) is 4.66. The Morgan fingerprint density at radius 3 is 3.00 bits per heavy atom. The number of nitrogens with zero attached hydrogens (tertiary/aromatic N) is 3. The van der Waals surface area contributed by atoms with Gasteiger partial charge >= 0.3 is 0 Å². The standard InChI is InChI=1S/C13H15N3O3S/c1-6-3-4-8-9(5-6)20-11-10(8)12(17)16(15-14-11)7(2)13(18)19/h6-7H,3-5H2,1-2H3,(H,18,19)/p-1/t6-,7+/m0/s1. The molecule has 0 spiro atoms. The van der Waals surface area contributed by atoms with E-state index in [0.29, 0.717) is 16.1 Å². The molecule has 0 unspecified atom stereocenters. The van der Waals surface area contributed by atoms with Crippen LogP contribution < -0.4 is 10.7 Å². The number of carboxylic acid groups (broad SMARTS) is 1. The monoisotopic (exact) mass is 292 g/mol. The van der Waals surface area contributed by atoms with Gasteiger partial charge in [0.05, 0.1) is 17.4 Å². The Kier molecular flexibility index (Phi) is 3.08. The lowest BCUT2D eigenvalue weighted by molar-refractivity contribution is -0.310. The van der Waals surface area contributed by atoms with Crippen LogP contribution in [0, 0.1) is 5.92 Å². The van der Waals surface area contributed by atoms with Crippen LogP contribution in [0.2, 0.25) is 0 Å². The van der Waals surface area contributed by atoms with E-state index in [-0.39, 0.29) is 5.56 Å². The van der Waals surface area contributed by atoms with Crippen molar-refractivity contribution >= 4 is 27.5 Å². The summed E-state index contributed by atoms with van der Waals surface area (Å²) in [7, 11) is 0. The van der Waals surface area contributed by atoms with Gasteiger partial charge in [-0.25, -0.2) is 4.68 Å². The number of hydrogen-bond acceptors (Lipinski definition) is 6. The van der Waals surface area contributed by atoms with E-state index in [2.05, 4.69) is 17.2 Å². The first kappa shape index (κ1) is 13.2. The predicted octanol–water partition coefficient (Wildman–Crippen LogP) is 0.289. The first-order chi connectivity index (χ1) is 9.49. The second-order valence-electron chi connectivity index (χ2n) is 5.37. The van der Waals surface area contributed by atoms with E-state index < -0.39 is 12.0 Å². The molecule has 0 amide bonds. The van der Waals surface area contributed by atoms with Gasteiger partial charge in [-0.05, 0) is 37.7 Å². The lowest BCUT2D eigenvalue weighted by Crippen LogP contribution is -2.38. The van der Waals surface area contributed by atoms with Crippen molar-refractivity contribution in [1.29, 1.82) is 0 Å². The number of rotatable bonds is 2. The summed E-state index contributed by atoms with van der Waals surface area (Å²) < 4.78 is 0.905. The molecule has 1 aliphatic carbocycles. The Hall–Kier alpha value is -1.76. The van der Waals surface area contributed by atoms with Crippen LogP contribution in [0.4, 0.5) is 0 Å². The molecule has 7 heteroatoms. The SMILES string of the molecule is C[C@H]1CCc2c(sc3nnn([C@H](C)C(=O)[O-])c(=O)c23)C1. The zero-order valence-electron chi connectivity index (χ0n) is 11.3. The third-order valence-corrected chi connectivity index (χ3v) is 4.99. The maximum Gasteiger partial charge on any atom is 0.279 e. The fourth-order valence-electron chi connectivity index (χ4n) is 2.62. The number of fused-ring (bicyclic) bond motifs is 3. The van der Waals surface area contributed by atoms with Crippen LogP contribution in [0.15, 0.2) is 4.79 Å². The smallest absolute Gasteiger partial charge is 0.279 e. The molecule has 0 radical (unpaired) electrons. The molecule has 2 aromatic heterocycles. The van der Waals surface area contributed by atoms with Gasteiger partial charge in [0.2, 0.25) is 0 Å². The van der Waals surface area contributed by atoms with E-state index in [1.54, 1.807) is 0 Å². The molecule has 0 saturated carbocycles. The molecule has 0 N–H and O–H groups in total. The fourth-order valence-corrected chi connectivity index (χ4v) is 3.94. The molecule has 2 aromatic rings. The van der Waals surface area contributed by atoms with Gasteiger partial charge in [0.15, 0.2) is 4.83 Å². The highest BCUT2D eigenvalue weighted by atomic mass is 32.1. The van der Waals surface area contributed by atoms with Crippen LogP contribution in [0.1, 0.15) is 36.8 Å². The highest BCUT2D eigenvalue weighted by molar-refractivity contribution is 7.18. The van der Waals surface area contributed by atoms with Crippen LogP contribution in [0.3, 0.4) is 0 Å². The van der Waals surface area contributed by atoms with E-state index in [1.807, 2.05) is 0 Å². The first-order valence-electron chi connectivity index (χ1n) is 6.59. The summed E-state index contributed by atoms with van der Waals surface area (Å²) in [6, 6.07) is -1.11. The molecular weight excluding hydrogens is 278 g/mol. The summed E-state index contributed by atoms with van der Waals surface area (Å²) in [5.41, 5.74) is 0.654. The summed E-state index contributed by atoms with van der Waals surface area (Å²) in [6.07, 6.45) is 2.83. The van der Waals surface area contributed by atoms with Gasteiger partial charge in [0.1, 0.15) is 0 Å². The van der Waals surface area contributed by atoms with Crippen LogP contribution in [0.5, 0.6) is 0 Å². The summed E-state index contributed by atoms with van der Waals surface area (Å²) >= 11 is 1.50. The minimum absolute atomic E-state index is 0.376. The van der Waals surface area contributed by atoms with Gasteiger partial charge in [-0.1, -0.05) is 12.1 Å². The highest BCUT2D eigenvalue weighted by Crippen LogP contribution is 2.35. The average molecular weight is 292 g/mol. The Morgan fingerprint density at radius 2 is 2.30 bits per heavy atom. The van der Waals surface area contributed by atoms with Crippen molar-refractivity contribution in [3.63, 3.8) is 0 Å². The number of carbonyl (C=O) groups is 1. The van der Waals surface area contributed by atoms with Crippen molar-refractivity contribution in [1.82, 2.24) is 15.0 Å². The third-order valence-electron chi connectivity index (χ3n) is 3.85. The number of aryl methyl sites for hydroxylation is 1. The Balaban J connectivity index is 2.23. The molecule has 2 atom stereocenters.